The largest absolute Gasteiger partial charge is 0.443 e. The van der Waals surface area contributed by atoms with Crippen molar-refractivity contribution in [2.75, 3.05) is 14.1 Å². The molecule has 0 unspecified atom stereocenters. The fourth-order valence-corrected chi connectivity index (χ4v) is 1.01. The highest BCUT2D eigenvalue weighted by Crippen LogP contribution is 2.08. The summed E-state index contributed by atoms with van der Waals surface area (Å²) in [7, 11) is 3.97. The van der Waals surface area contributed by atoms with E-state index in [1.54, 1.807) is 6.20 Å². The fraction of sp³-hybridized carbons (Fsp3) is 0.571. The molecule has 0 aromatic carbocycles. The molecule has 0 N–H and O–H groups in total. The lowest BCUT2D eigenvalue weighted by atomic mass is 10.6. The van der Waals surface area contributed by atoms with Crippen LogP contribution >= 0.6 is 15.9 Å². The van der Waals surface area contributed by atoms with Crippen LogP contribution in [0.2, 0.25) is 0 Å². The van der Waals surface area contributed by atoms with E-state index in [4.69, 9.17) is 4.42 Å². The Morgan fingerprint density at radius 1 is 1.64 bits per heavy atom. The first-order chi connectivity index (χ1) is 5.22. The first-order valence-electron chi connectivity index (χ1n) is 3.36. The summed E-state index contributed by atoms with van der Waals surface area (Å²) in [6.45, 7) is 0.757. The van der Waals surface area contributed by atoms with Crippen LogP contribution in [0, 0.1) is 0 Å². The molecule has 0 aliphatic rings. The predicted octanol–water partition coefficient (Wildman–Crippen LogP) is 1.63. The SMILES string of the molecule is CN(C)Cc1ncc(CBr)o1. The molecule has 0 bridgehead atoms. The molecule has 4 heteroatoms. The summed E-state index contributed by atoms with van der Waals surface area (Å²) in [5, 5.41) is 0.730. The average molecular weight is 219 g/mol. The minimum Gasteiger partial charge on any atom is -0.443 e. The van der Waals surface area contributed by atoms with E-state index in [0.717, 1.165) is 23.5 Å². The second-order valence-corrected chi connectivity index (χ2v) is 3.15. The second kappa shape index (κ2) is 3.88. The topological polar surface area (TPSA) is 29.3 Å². The van der Waals surface area contributed by atoms with E-state index in [1.165, 1.54) is 0 Å². The van der Waals surface area contributed by atoms with Crippen LogP contribution in [0.4, 0.5) is 0 Å². The van der Waals surface area contributed by atoms with Crippen LogP contribution in [0.5, 0.6) is 0 Å². The lowest BCUT2D eigenvalue weighted by Gasteiger charge is -2.03. The molecule has 3 nitrogen and oxygen atoms in total. The molecule has 1 aromatic rings. The number of aromatic nitrogens is 1. The minimum absolute atomic E-state index is 0.730. The van der Waals surface area contributed by atoms with Gasteiger partial charge in [-0.15, -0.1) is 0 Å². The van der Waals surface area contributed by atoms with Gasteiger partial charge >= 0.3 is 0 Å². The van der Waals surface area contributed by atoms with Crippen molar-refractivity contribution < 1.29 is 4.42 Å². The molecule has 11 heavy (non-hydrogen) atoms. The summed E-state index contributed by atoms with van der Waals surface area (Å²) in [4.78, 5) is 6.11. The third-order valence-corrected chi connectivity index (χ3v) is 1.74. The van der Waals surface area contributed by atoms with Crippen molar-refractivity contribution in [1.82, 2.24) is 9.88 Å². The van der Waals surface area contributed by atoms with Crippen LogP contribution in [0.1, 0.15) is 11.7 Å². The summed E-state index contributed by atoms with van der Waals surface area (Å²) in [6, 6.07) is 0. The number of rotatable bonds is 3. The van der Waals surface area contributed by atoms with Gasteiger partial charge in [0.1, 0.15) is 5.76 Å². The number of hydrogen-bond acceptors (Lipinski definition) is 3. The van der Waals surface area contributed by atoms with Gasteiger partial charge in [0, 0.05) is 0 Å². The second-order valence-electron chi connectivity index (χ2n) is 2.59. The molecule has 0 radical (unpaired) electrons. The predicted molar refractivity (Wildman–Crippen MR) is 46.5 cm³/mol. The first kappa shape index (κ1) is 8.74. The number of nitrogens with zero attached hydrogens (tertiary/aromatic N) is 2. The summed E-state index contributed by atoms with van der Waals surface area (Å²) < 4.78 is 5.34. The van der Waals surface area contributed by atoms with Gasteiger partial charge in [-0.1, -0.05) is 15.9 Å². The highest BCUT2D eigenvalue weighted by molar-refractivity contribution is 9.08. The molecule has 0 spiro atoms. The molecule has 62 valence electrons. The number of alkyl halides is 1. The third kappa shape index (κ3) is 2.63. The average Bonchev–Trinajstić information content (AvgIpc) is 2.34. The van der Waals surface area contributed by atoms with Crippen LogP contribution in [0.3, 0.4) is 0 Å². The normalized spacial score (nSPS) is 10.9. The first-order valence-corrected chi connectivity index (χ1v) is 4.49. The van der Waals surface area contributed by atoms with Gasteiger partial charge in [0.15, 0.2) is 0 Å². The van der Waals surface area contributed by atoms with E-state index in [0.29, 0.717) is 0 Å². The fourth-order valence-electron chi connectivity index (χ4n) is 0.753. The smallest absolute Gasteiger partial charge is 0.208 e. The molecule has 0 amide bonds. The van der Waals surface area contributed by atoms with Crippen molar-refractivity contribution in [3.05, 3.63) is 17.8 Å². The monoisotopic (exact) mass is 218 g/mol. The summed E-state index contributed by atoms with van der Waals surface area (Å²) in [6.07, 6.45) is 1.74. The zero-order chi connectivity index (χ0) is 8.27. The minimum atomic E-state index is 0.730. The van der Waals surface area contributed by atoms with Crippen molar-refractivity contribution in [3.8, 4) is 0 Å². The molecule has 0 saturated carbocycles. The van der Waals surface area contributed by atoms with Gasteiger partial charge in [-0.2, -0.15) is 0 Å². The van der Waals surface area contributed by atoms with E-state index >= 15 is 0 Å². The molecular weight excluding hydrogens is 208 g/mol. The van der Waals surface area contributed by atoms with Crippen LogP contribution in [-0.4, -0.2) is 24.0 Å². The van der Waals surface area contributed by atoms with Crippen molar-refractivity contribution in [1.29, 1.82) is 0 Å². The van der Waals surface area contributed by atoms with Gasteiger partial charge in [0.2, 0.25) is 5.89 Å². The molecule has 1 rings (SSSR count). The third-order valence-electron chi connectivity index (χ3n) is 1.18. The standard InChI is InChI=1S/C7H11BrN2O/c1-10(2)5-7-9-4-6(3-8)11-7/h4H,3,5H2,1-2H3. The van der Waals surface area contributed by atoms with Gasteiger partial charge in [-0.05, 0) is 14.1 Å². The molecule has 0 aliphatic carbocycles. The molecule has 1 aromatic heterocycles. The summed E-state index contributed by atoms with van der Waals surface area (Å²) in [5.41, 5.74) is 0. The Morgan fingerprint density at radius 3 is 2.82 bits per heavy atom. The van der Waals surface area contributed by atoms with Gasteiger partial charge in [-0.3, -0.25) is 0 Å². The maximum Gasteiger partial charge on any atom is 0.208 e. The summed E-state index contributed by atoms with van der Waals surface area (Å²) in [5.74, 6) is 1.64. The Hall–Kier alpha value is -0.350. The molecular formula is C7H11BrN2O. The quantitative estimate of drug-likeness (QED) is 0.723. The maximum absolute atomic E-state index is 5.34. The van der Waals surface area contributed by atoms with E-state index in [2.05, 4.69) is 20.9 Å². The molecule has 1 heterocycles. The van der Waals surface area contributed by atoms with Gasteiger partial charge in [0.25, 0.3) is 0 Å². The van der Waals surface area contributed by atoms with Crippen molar-refractivity contribution in [3.63, 3.8) is 0 Å². The number of oxazole rings is 1. The van der Waals surface area contributed by atoms with Gasteiger partial charge < -0.3 is 9.32 Å². The van der Waals surface area contributed by atoms with Crippen LogP contribution in [-0.2, 0) is 11.9 Å². The Balaban J connectivity index is 2.58. The Morgan fingerprint density at radius 2 is 2.36 bits per heavy atom. The highest BCUT2D eigenvalue weighted by atomic mass is 79.9. The zero-order valence-corrected chi connectivity index (χ0v) is 8.26. The number of halogens is 1. The van der Waals surface area contributed by atoms with Gasteiger partial charge in [-0.25, -0.2) is 4.98 Å². The van der Waals surface area contributed by atoms with Crippen molar-refractivity contribution >= 4 is 15.9 Å². The Labute approximate surface area is 74.5 Å². The van der Waals surface area contributed by atoms with Crippen molar-refractivity contribution in [2.45, 2.75) is 11.9 Å². The lowest BCUT2D eigenvalue weighted by Crippen LogP contribution is -2.10. The number of hydrogen-bond donors (Lipinski definition) is 0. The van der Waals surface area contributed by atoms with Crippen LogP contribution in [0.25, 0.3) is 0 Å². The zero-order valence-electron chi connectivity index (χ0n) is 6.67. The Bertz CT molecular complexity index is 222. The molecule has 0 aliphatic heterocycles. The molecule has 0 saturated heterocycles. The van der Waals surface area contributed by atoms with Gasteiger partial charge in [0.05, 0.1) is 18.1 Å². The van der Waals surface area contributed by atoms with E-state index in [9.17, 15) is 0 Å². The highest BCUT2D eigenvalue weighted by Gasteiger charge is 2.02. The Kier molecular flexibility index (Phi) is 3.08. The van der Waals surface area contributed by atoms with Crippen molar-refractivity contribution in [2.24, 2.45) is 0 Å². The molecule has 0 fully saturated rings. The molecule has 0 atom stereocenters. The van der Waals surface area contributed by atoms with Crippen LogP contribution < -0.4 is 0 Å². The summed E-state index contributed by atoms with van der Waals surface area (Å²) >= 11 is 3.29. The van der Waals surface area contributed by atoms with E-state index in [-0.39, 0.29) is 0 Å². The van der Waals surface area contributed by atoms with E-state index < -0.39 is 0 Å². The maximum atomic E-state index is 5.34. The lowest BCUT2D eigenvalue weighted by molar-refractivity contribution is 0.336. The van der Waals surface area contributed by atoms with Crippen LogP contribution in [0.15, 0.2) is 10.6 Å². The van der Waals surface area contributed by atoms with E-state index in [1.807, 2.05) is 19.0 Å².